The Balaban J connectivity index is -0.000000150. The molecule has 0 aliphatic heterocycles. The maximum absolute atomic E-state index is 11.2. The molecule has 0 saturated heterocycles. The van der Waals surface area contributed by atoms with E-state index in [1.807, 2.05) is 0 Å². The van der Waals surface area contributed by atoms with Crippen LogP contribution in [0.25, 0.3) is 0 Å². The van der Waals surface area contributed by atoms with Crippen LogP contribution in [-0.4, -0.2) is 82.8 Å². The van der Waals surface area contributed by atoms with Crippen LogP contribution < -0.4 is 10.6 Å². The summed E-state index contributed by atoms with van der Waals surface area (Å²) >= 11 is 24.8. The molecule has 0 aromatic heterocycles. The number of aliphatic hydroxyl groups is 1. The lowest BCUT2D eigenvalue weighted by Crippen LogP contribution is -2.34. The predicted molar refractivity (Wildman–Crippen MR) is 154 cm³/mol. The molecule has 0 bridgehead atoms. The molecule has 3 N–H and O–H groups in total. The van der Waals surface area contributed by atoms with Crippen molar-refractivity contribution in [2.24, 2.45) is 0 Å². The number of alkyl halides is 4. The SMILES string of the molecule is C.CC(C)(C)OC(=O)NCCO.CC(Cl)OC(=O)Cl.CC(Cl)OC(=O)OCCNC(=O)OC(C)(C)C.ClCCl. The molecule has 0 aromatic carbocycles. The second-order valence-corrected chi connectivity index (χ2v) is 10.7. The van der Waals surface area contributed by atoms with E-state index in [-0.39, 0.29) is 39.1 Å². The second-order valence-electron chi connectivity index (χ2n) is 8.34. The monoisotopic (exact) mass is 670 g/mol. The topological polar surface area (TPSA) is 159 Å². The van der Waals surface area contributed by atoms with Crippen LogP contribution in [0.5, 0.6) is 0 Å². The number of carbonyl (C=O) groups is 4. The quantitative estimate of drug-likeness (QED) is 0.0868. The van der Waals surface area contributed by atoms with Crippen molar-refractivity contribution in [3.8, 4) is 0 Å². The Hall–Kier alpha value is -1.31. The minimum atomic E-state index is -0.876. The molecule has 0 rings (SSSR count). The summed E-state index contributed by atoms with van der Waals surface area (Å²) in [6, 6.07) is 0. The van der Waals surface area contributed by atoms with Gasteiger partial charge in [-0.05, 0) is 55.4 Å². The number of nitrogens with one attached hydrogen (secondary N) is 2. The lowest BCUT2D eigenvalue weighted by Gasteiger charge is -2.19. The Morgan fingerprint density at radius 1 is 0.795 bits per heavy atom. The molecule has 0 heterocycles. The first-order valence-corrected chi connectivity index (χ1v) is 13.2. The summed E-state index contributed by atoms with van der Waals surface area (Å²) in [6.07, 6.45) is -1.94. The molecule has 2 unspecified atom stereocenters. The molecule has 17 heteroatoms. The number of aliphatic hydroxyl groups excluding tert-OH is 1. The highest BCUT2D eigenvalue weighted by Gasteiger charge is 2.16. The second kappa shape index (κ2) is 28.2. The minimum absolute atomic E-state index is 0. The summed E-state index contributed by atoms with van der Waals surface area (Å²) in [5.74, 6) is 0. The van der Waals surface area contributed by atoms with Crippen molar-refractivity contribution < 1.29 is 48.0 Å². The summed E-state index contributed by atoms with van der Waals surface area (Å²) in [6.45, 7) is 13.9. The van der Waals surface area contributed by atoms with Crippen LogP contribution in [0.1, 0.15) is 62.8 Å². The predicted octanol–water partition coefficient (Wildman–Crippen LogP) is 6.76. The van der Waals surface area contributed by atoms with E-state index in [4.69, 9.17) is 72.6 Å². The highest BCUT2D eigenvalue weighted by atomic mass is 35.5. The van der Waals surface area contributed by atoms with Gasteiger partial charge in [0, 0.05) is 18.1 Å². The van der Waals surface area contributed by atoms with Crippen LogP contribution in [-0.2, 0) is 23.7 Å². The third-order valence-electron chi connectivity index (χ3n) is 2.28. The van der Waals surface area contributed by atoms with Crippen LogP contribution in [0.2, 0.25) is 0 Å². The largest absolute Gasteiger partial charge is 0.509 e. The zero-order chi connectivity index (χ0) is 30.9. The number of ether oxygens (including phenoxy) is 5. The smallest absolute Gasteiger partial charge is 0.444 e. The van der Waals surface area contributed by atoms with Gasteiger partial charge in [0.15, 0.2) is 11.1 Å². The molecule has 236 valence electrons. The Kier molecular flexibility index (Phi) is 34.4. The number of carbonyl (C=O) groups excluding carboxylic acids is 4. The molecule has 0 aromatic rings. The van der Waals surface area contributed by atoms with Gasteiger partial charge in [-0.2, -0.15) is 0 Å². The highest BCUT2D eigenvalue weighted by Crippen LogP contribution is 2.06. The summed E-state index contributed by atoms with van der Waals surface area (Å²) in [5, 5.41) is 13.3. The summed E-state index contributed by atoms with van der Waals surface area (Å²) in [5.41, 5.74) is -3.29. The van der Waals surface area contributed by atoms with Crippen LogP contribution in [0.15, 0.2) is 0 Å². The molecule has 0 fully saturated rings. The fourth-order valence-corrected chi connectivity index (χ4v) is 1.70. The Morgan fingerprint density at radius 2 is 1.15 bits per heavy atom. The van der Waals surface area contributed by atoms with Crippen molar-refractivity contribution in [2.45, 2.75) is 85.1 Å². The summed E-state index contributed by atoms with van der Waals surface area (Å²) in [7, 11) is 0. The molecule has 0 spiro atoms. The molecule has 0 radical (unpaired) electrons. The van der Waals surface area contributed by atoms with Crippen LogP contribution in [0.3, 0.4) is 0 Å². The van der Waals surface area contributed by atoms with Gasteiger partial charge in [-0.15, -0.1) is 23.2 Å². The van der Waals surface area contributed by atoms with Gasteiger partial charge in [-0.1, -0.05) is 30.6 Å². The first-order valence-electron chi connectivity index (χ1n) is 10.8. The molecule has 12 nitrogen and oxygen atoms in total. The number of amides is 2. The molecule has 2 atom stereocenters. The van der Waals surface area contributed by atoms with Crippen molar-refractivity contribution in [1.82, 2.24) is 10.6 Å². The fraction of sp³-hybridized carbons (Fsp3) is 0.818. The maximum Gasteiger partial charge on any atom is 0.509 e. The van der Waals surface area contributed by atoms with Gasteiger partial charge < -0.3 is 39.4 Å². The number of halogens is 5. The van der Waals surface area contributed by atoms with Crippen molar-refractivity contribution in [2.75, 3.05) is 31.6 Å². The van der Waals surface area contributed by atoms with Crippen LogP contribution in [0, 0.1) is 0 Å². The van der Waals surface area contributed by atoms with E-state index in [0.717, 1.165) is 0 Å². The van der Waals surface area contributed by atoms with Crippen molar-refractivity contribution in [3.63, 3.8) is 0 Å². The number of hydrogen-bond acceptors (Lipinski definition) is 10. The van der Waals surface area contributed by atoms with Crippen molar-refractivity contribution in [1.29, 1.82) is 0 Å². The average molecular weight is 673 g/mol. The van der Waals surface area contributed by atoms with E-state index in [9.17, 15) is 19.2 Å². The first kappa shape index (κ1) is 47.5. The van der Waals surface area contributed by atoms with Crippen LogP contribution >= 0.6 is 58.0 Å². The van der Waals surface area contributed by atoms with Gasteiger partial charge >= 0.3 is 23.8 Å². The highest BCUT2D eigenvalue weighted by molar-refractivity contribution is 6.61. The Morgan fingerprint density at radius 3 is 1.41 bits per heavy atom. The van der Waals surface area contributed by atoms with Crippen molar-refractivity contribution >= 4 is 81.8 Å². The van der Waals surface area contributed by atoms with E-state index in [1.54, 1.807) is 41.5 Å². The summed E-state index contributed by atoms with van der Waals surface area (Å²) in [4.78, 5) is 42.5. The fourth-order valence-electron chi connectivity index (χ4n) is 1.37. The lowest BCUT2D eigenvalue weighted by atomic mass is 10.2. The van der Waals surface area contributed by atoms with Gasteiger partial charge in [0.1, 0.15) is 17.8 Å². The molecule has 2 amide bonds. The average Bonchev–Trinajstić information content (AvgIpc) is 2.67. The molecule has 39 heavy (non-hydrogen) atoms. The maximum atomic E-state index is 11.2. The Labute approximate surface area is 256 Å². The third kappa shape index (κ3) is 57.6. The first-order chi connectivity index (χ1) is 17.2. The van der Waals surface area contributed by atoms with Crippen molar-refractivity contribution in [3.05, 3.63) is 0 Å². The number of rotatable bonds is 7. The molecule has 0 aliphatic carbocycles. The van der Waals surface area contributed by atoms with Gasteiger partial charge in [-0.3, -0.25) is 0 Å². The minimum Gasteiger partial charge on any atom is -0.444 e. The zero-order valence-electron chi connectivity index (χ0n) is 22.7. The molecular weight excluding hydrogens is 630 g/mol. The number of alkyl carbamates (subject to hydrolysis) is 2. The third-order valence-corrected chi connectivity index (χ3v) is 2.55. The molecule has 0 aliphatic rings. The van der Waals surface area contributed by atoms with Gasteiger partial charge in [0.25, 0.3) is 0 Å². The van der Waals surface area contributed by atoms with Gasteiger partial charge in [0.05, 0.1) is 18.5 Å². The van der Waals surface area contributed by atoms with Crippen LogP contribution in [0.4, 0.5) is 19.2 Å². The lowest BCUT2D eigenvalue weighted by molar-refractivity contribution is 0.0412. The Bertz CT molecular complexity index is 644. The van der Waals surface area contributed by atoms with E-state index >= 15 is 0 Å². The van der Waals surface area contributed by atoms with Gasteiger partial charge in [0.2, 0.25) is 0 Å². The van der Waals surface area contributed by atoms with E-state index < -0.39 is 46.1 Å². The van der Waals surface area contributed by atoms with E-state index in [0.29, 0.717) is 0 Å². The number of hydrogen-bond donors (Lipinski definition) is 3. The zero-order valence-corrected chi connectivity index (χ0v) is 26.5. The summed E-state index contributed by atoms with van der Waals surface area (Å²) < 4.78 is 23.1. The molecular formula is C22H43Cl5N2O10. The van der Waals surface area contributed by atoms with E-state index in [2.05, 4.69) is 24.8 Å². The van der Waals surface area contributed by atoms with E-state index in [1.165, 1.54) is 13.8 Å². The van der Waals surface area contributed by atoms with Gasteiger partial charge in [-0.25, -0.2) is 19.2 Å². The standard InChI is InChI=1S/C10H18ClNO5.C7H15NO3.C3H4Cl2O2.CH2Cl2.CH4/c1-7(11)16-9(14)15-6-5-12-8(13)17-10(2,3)4;1-7(2,3)11-6(10)8-4-5-9;1-2(4)7-3(5)6;2-1-3;/h7H,5-6H2,1-4H3,(H,12,13);9H,4-5H2,1-3H3,(H,8,10);2H,1H3;1H2;1H4. The molecule has 0 saturated carbocycles. The normalized spacial score (nSPS) is 11.3.